The van der Waals surface area contributed by atoms with Crippen molar-refractivity contribution in [3.05, 3.63) is 67.3 Å². The Bertz CT molecular complexity index is 693. The minimum Gasteiger partial charge on any atom is -0.618 e. The van der Waals surface area contributed by atoms with Crippen LogP contribution in [-0.2, 0) is 0 Å². The molecule has 0 atom stereocenters. The van der Waals surface area contributed by atoms with Crippen LogP contribution in [0.4, 0.5) is 11.4 Å². The molecule has 0 N–H and O–H groups in total. The number of rotatable bonds is 5. The Labute approximate surface area is 130 Å². The van der Waals surface area contributed by atoms with Crippen LogP contribution in [0.3, 0.4) is 0 Å². The van der Waals surface area contributed by atoms with E-state index in [1.165, 1.54) is 24.3 Å². The zero-order valence-electron chi connectivity index (χ0n) is 10.5. The van der Waals surface area contributed by atoms with Crippen molar-refractivity contribution in [2.75, 3.05) is 0 Å². The summed E-state index contributed by atoms with van der Waals surface area (Å²) in [5, 5.41) is 44.5. The molecule has 0 saturated heterocycles. The van der Waals surface area contributed by atoms with Gasteiger partial charge in [0.25, 0.3) is 22.4 Å². The highest BCUT2D eigenvalue weighted by atomic mass is 33.1. The highest BCUT2D eigenvalue weighted by Crippen LogP contribution is 2.34. The largest absolute Gasteiger partial charge is 0.618 e. The molecule has 2 aromatic heterocycles. The van der Waals surface area contributed by atoms with Crippen molar-refractivity contribution in [3.63, 3.8) is 0 Å². The molecular weight excluding hydrogens is 336 g/mol. The number of hydrogen-bond acceptors (Lipinski definition) is 8. The first-order valence-corrected chi connectivity index (χ1v) is 7.63. The molecule has 0 fully saturated rings. The quantitative estimate of drug-likeness (QED) is 0.262. The van der Waals surface area contributed by atoms with E-state index >= 15 is 0 Å². The zero-order valence-corrected chi connectivity index (χ0v) is 12.2. The van der Waals surface area contributed by atoms with Gasteiger partial charge in [-0.15, -0.1) is 0 Å². The summed E-state index contributed by atoms with van der Waals surface area (Å²) < 4.78 is 0.632. The first-order chi connectivity index (χ1) is 10.4. The number of hydrogen-bond donors (Lipinski definition) is 0. The van der Waals surface area contributed by atoms with Gasteiger partial charge >= 0.3 is 11.4 Å². The second kappa shape index (κ2) is 6.44. The van der Waals surface area contributed by atoms with E-state index in [4.69, 9.17) is 0 Å². The van der Waals surface area contributed by atoms with Crippen molar-refractivity contribution in [2.45, 2.75) is 10.1 Å². The standard InChI is InChI=1S/C10H6N4O6S2/c15-11-5-7(13(17)18)1-3-9(11)21-22-10-4-2-8(14(19)20)6-12(10)16/h1-6H. The summed E-state index contributed by atoms with van der Waals surface area (Å²) in [4.78, 5) is 19.6. The highest BCUT2D eigenvalue weighted by molar-refractivity contribution is 8.76. The molecule has 2 heterocycles. The van der Waals surface area contributed by atoms with Gasteiger partial charge in [0, 0.05) is 45.9 Å². The summed E-state index contributed by atoms with van der Waals surface area (Å²) in [7, 11) is 1.81. The second-order valence-corrected chi connectivity index (χ2v) is 5.95. The molecule has 0 amide bonds. The molecule has 12 heteroatoms. The van der Waals surface area contributed by atoms with Crippen molar-refractivity contribution in [1.82, 2.24) is 0 Å². The minimum atomic E-state index is -0.697. The van der Waals surface area contributed by atoms with Gasteiger partial charge in [0.1, 0.15) is 0 Å². The van der Waals surface area contributed by atoms with Crippen molar-refractivity contribution >= 4 is 33.0 Å². The maximum absolute atomic E-state index is 11.6. The lowest BCUT2D eigenvalue weighted by Crippen LogP contribution is -2.29. The SMILES string of the molecule is O=[N+]([O-])c1ccc(SSc2ccc([N+](=O)[O-])c[n+]2[O-])[n+]([O-])c1. The average molecular weight is 342 g/mol. The normalized spacial score (nSPS) is 10.4. The Morgan fingerprint density at radius 3 is 1.41 bits per heavy atom. The molecule has 22 heavy (non-hydrogen) atoms. The number of nitro groups is 2. The molecule has 10 nitrogen and oxygen atoms in total. The van der Waals surface area contributed by atoms with E-state index in [1.807, 2.05) is 0 Å². The number of pyridine rings is 2. The maximum atomic E-state index is 11.6. The third-order valence-electron chi connectivity index (χ3n) is 2.36. The Balaban J connectivity index is 2.13. The molecule has 0 radical (unpaired) electrons. The molecular formula is C10H6N4O6S2. The van der Waals surface area contributed by atoms with Gasteiger partial charge in [-0.25, -0.2) is 0 Å². The van der Waals surface area contributed by atoms with Crippen molar-refractivity contribution < 1.29 is 19.3 Å². The molecule has 0 saturated carbocycles. The molecule has 0 bridgehead atoms. The van der Waals surface area contributed by atoms with Crippen LogP contribution in [0, 0.1) is 30.6 Å². The molecule has 0 aliphatic rings. The molecule has 114 valence electrons. The third kappa shape index (κ3) is 3.53. The molecule has 0 aromatic carbocycles. The van der Waals surface area contributed by atoms with Crippen LogP contribution in [0.5, 0.6) is 0 Å². The van der Waals surface area contributed by atoms with Crippen molar-refractivity contribution in [3.8, 4) is 0 Å². The van der Waals surface area contributed by atoms with Gasteiger partial charge in [0.2, 0.25) is 0 Å². The van der Waals surface area contributed by atoms with Crippen LogP contribution in [0.1, 0.15) is 0 Å². The van der Waals surface area contributed by atoms with Crippen LogP contribution in [0.25, 0.3) is 0 Å². The van der Waals surface area contributed by atoms with Gasteiger partial charge in [0.15, 0.2) is 0 Å². The van der Waals surface area contributed by atoms with Gasteiger partial charge in [0.05, 0.1) is 9.85 Å². The summed E-state index contributed by atoms with van der Waals surface area (Å²) in [5.41, 5.74) is -0.697. The molecule has 2 rings (SSSR count). The van der Waals surface area contributed by atoms with Crippen LogP contribution >= 0.6 is 21.6 Å². The monoisotopic (exact) mass is 342 g/mol. The van der Waals surface area contributed by atoms with Crippen LogP contribution < -0.4 is 9.46 Å². The molecule has 0 spiro atoms. The summed E-state index contributed by atoms with van der Waals surface area (Å²) in [5.74, 6) is 0. The Kier molecular flexibility index (Phi) is 4.62. The number of aromatic nitrogens is 2. The molecule has 0 aliphatic heterocycles. The summed E-state index contributed by atoms with van der Waals surface area (Å²) in [6.45, 7) is 0. The topological polar surface area (TPSA) is 140 Å². The lowest BCUT2D eigenvalue weighted by atomic mass is 10.4. The van der Waals surface area contributed by atoms with E-state index in [2.05, 4.69) is 0 Å². The fourth-order valence-electron chi connectivity index (χ4n) is 1.34. The van der Waals surface area contributed by atoms with Gasteiger partial charge in [-0.1, -0.05) is 0 Å². The Hall–Kier alpha value is -2.60. The van der Waals surface area contributed by atoms with Crippen LogP contribution in [-0.4, -0.2) is 9.85 Å². The van der Waals surface area contributed by atoms with Gasteiger partial charge in [-0.05, 0) is 0 Å². The molecule has 0 aliphatic carbocycles. The fraction of sp³-hybridized carbons (Fsp3) is 0. The molecule has 0 unspecified atom stereocenters. The zero-order chi connectivity index (χ0) is 16.3. The van der Waals surface area contributed by atoms with Gasteiger partial charge in [-0.3, -0.25) is 20.2 Å². The second-order valence-electron chi connectivity index (χ2n) is 3.78. The van der Waals surface area contributed by atoms with Crippen molar-refractivity contribution in [2.24, 2.45) is 0 Å². The summed E-state index contributed by atoms with van der Waals surface area (Å²) in [6.07, 6.45) is 1.62. The lowest BCUT2D eigenvalue weighted by molar-refractivity contribution is -0.649. The minimum absolute atomic E-state index is 0.133. The van der Waals surface area contributed by atoms with E-state index in [9.17, 15) is 30.6 Å². The van der Waals surface area contributed by atoms with Crippen LogP contribution in [0.2, 0.25) is 0 Å². The lowest BCUT2D eigenvalue weighted by Gasteiger charge is -2.04. The fourth-order valence-corrected chi connectivity index (χ4v) is 3.30. The maximum Gasteiger partial charge on any atom is 0.333 e. The molecule has 2 aromatic rings. The first kappa shape index (κ1) is 15.8. The van der Waals surface area contributed by atoms with Crippen molar-refractivity contribution in [1.29, 1.82) is 0 Å². The average Bonchev–Trinajstić information content (AvgIpc) is 2.46. The smallest absolute Gasteiger partial charge is 0.333 e. The third-order valence-corrected chi connectivity index (χ3v) is 4.69. The number of nitrogens with zero attached hydrogens (tertiary/aromatic N) is 4. The van der Waals surface area contributed by atoms with E-state index in [-0.39, 0.29) is 21.4 Å². The van der Waals surface area contributed by atoms with E-state index in [0.717, 1.165) is 34.0 Å². The van der Waals surface area contributed by atoms with Crippen LogP contribution in [0.15, 0.2) is 46.7 Å². The predicted octanol–water partition coefficient (Wildman–Crippen LogP) is 1.57. The Morgan fingerprint density at radius 2 is 1.14 bits per heavy atom. The predicted molar refractivity (Wildman–Crippen MR) is 75.8 cm³/mol. The first-order valence-electron chi connectivity index (χ1n) is 5.48. The van der Waals surface area contributed by atoms with Gasteiger partial charge in [-0.2, -0.15) is 9.46 Å². The Morgan fingerprint density at radius 1 is 0.773 bits per heavy atom. The van der Waals surface area contributed by atoms with Gasteiger partial charge < -0.3 is 10.4 Å². The summed E-state index contributed by atoms with van der Waals surface area (Å²) in [6, 6.07) is 4.84. The van der Waals surface area contributed by atoms with E-state index in [0.29, 0.717) is 9.46 Å². The summed E-state index contributed by atoms with van der Waals surface area (Å²) >= 11 is 0. The van der Waals surface area contributed by atoms with E-state index < -0.39 is 9.85 Å². The van der Waals surface area contributed by atoms with E-state index in [1.54, 1.807) is 0 Å². The highest BCUT2D eigenvalue weighted by Gasteiger charge is 2.19.